The van der Waals surface area contributed by atoms with E-state index >= 15 is 0 Å². The summed E-state index contributed by atoms with van der Waals surface area (Å²) in [4.78, 5) is 35.3. The lowest BCUT2D eigenvalue weighted by Gasteiger charge is -2.19. The minimum Gasteiger partial charge on any atom is -0.469 e. The van der Waals surface area contributed by atoms with Crippen molar-refractivity contribution in [1.82, 2.24) is 5.32 Å². The molecule has 0 aliphatic heterocycles. The van der Waals surface area contributed by atoms with E-state index in [-0.39, 0.29) is 24.4 Å². The summed E-state index contributed by atoms with van der Waals surface area (Å²) in [6.07, 6.45) is 16.0. The first-order chi connectivity index (χ1) is 15.6. The molecule has 7 nitrogen and oxygen atoms in total. The fourth-order valence-corrected chi connectivity index (χ4v) is 3.60. The number of methoxy groups -OCH3 is 1. The van der Waals surface area contributed by atoms with Crippen molar-refractivity contribution in [1.29, 1.82) is 0 Å². The molecule has 0 radical (unpaired) electrons. The molecule has 0 saturated heterocycles. The molecule has 188 valence electrons. The number of ether oxygens (including phenoxy) is 2. The molecule has 0 aromatic heterocycles. The highest BCUT2D eigenvalue weighted by atomic mass is 16.5. The zero-order valence-corrected chi connectivity index (χ0v) is 20.6. The number of rotatable bonds is 23. The Morgan fingerprint density at radius 3 is 2.09 bits per heavy atom. The predicted octanol–water partition coefficient (Wildman–Crippen LogP) is 4.31. The van der Waals surface area contributed by atoms with E-state index in [1.807, 2.05) is 0 Å². The zero-order valence-electron chi connectivity index (χ0n) is 20.6. The molecule has 3 N–H and O–H groups in total. The number of unbranched alkanes of at least 4 members (excludes halogenated alkanes) is 10. The fraction of sp³-hybridized carbons (Fsp3) is 0.880. The molecule has 0 spiro atoms. The summed E-state index contributed by atoms with van der Waals surface area (Å²) in [6.45, 7) is 3.54. The van der Waals surface area contributed by atoms with Crippen molar-refractivity contribution in [3.05, 3.63) is 0 Å². The van der Waals surface area contributed by atoms with Crippen LogP contribution >= 0.6 is 0 Å². The van der Waals surface area contributed by atoms with E-state index in [9.17, 15) is 14.4 Å². The molecule has 0 amide bonds. The molecule has 32 heavy (non-hydrogen) atoms. The maximum atomic E-state index is 12.5. The largest absolute Gasteiger partial charge is 0.469 e. The summed E-state index contributed by atoms with van der Waals surface area (Å²) in [5.74, 6) is -1.15. The van der Waals surface area contributed by atoms with Gasteiger partial charge in [0.1, 0.15) is 6.29 Å². The van der Waals surface area contributed by atoms with Gasteiger partial charge in [-0.2, -0.15) is 0 Å². The number of carbonyl (C=O) groups excluding carboxylic acids is 3. The average Bonchev–Trinajstić information content (AvgIpc) is 2.80. The summed E-state index contributed by atoms with van der Waals surface area (Å²) in [7, 11) is 1.33. The predicted molar refractivity (Wildman–Crippen MR) is 128 cm³/mol. The fourth-order valence-electron chi connectivity index (χ4n) is 3.60. The van der Waals surface area contributed by atoms with Gasteiger partial charge in [0.15, 0.2) is 0 Å². The molecule has 0 rings (SSSR count). The van der Waals surface area contributed by atoms with Crippen LogP contribution in [0.2, 0.25) is 0 Å². The molecule has 7 heteroatoms. The SMILES string of the molecule is CCCCCCCCCCCCOC(=O)C(CCC(=O)OC)CN[C@H](C=O)CCCCN. The van der Waals surface area contributed by atoms with E-state index in [0.29, 0.717) is 32.5 Å². The van der Waals surface area contributed by atoms with Gasteiger partial charge in [0, 0.05) is 13.0 Å². The number of aldehydes is 1. The van der Waals surface area contributed by atoms with Crippen molar-refractivity contribution in [2.45, 2.75) is 109 Å². The Balaban J connectivity index is 4.18. The third kappa shape index (κ3) is 18.1. The first-order valence-electron chi connectivity index (χ1n) is 12.7. The van der Waals surface area contributed by atoms with Gasteiger partial charge in [0.2, 0.25) is 0 Å². The standard InChI is InChI=1S/C25H48N2O5/c1-3-4-5-6-7-8-9-10-11-14-19-32-25(30)22(16-17-24(29)31-2)20-27-23(21-28)15-12-13-18-26/h21-23,27H,3-20,26H2,1-2H3/t22?,23-/m0/s1. The van der Waals surface area contributed by atoms with Crippen LogP contribution in [0.3, 0.4) is 0 Å². The lowest BCUT2D eigenvalue weighted by molar-refractivity contribution is -0.149. The van der Waals surface area contributed by atoms with Gasteiger partial charge in [0.25, 0.3) is 0 Å². The van der Waals surface area contributed by atoms with E-state index in [4.69, 9.17) is 10.5 Å². The van der Waals surface area contributed by atoms with Gasteiger partial charge in [0.05, 0.1) is 25.7 Å². The van der Waals surface area contributed by atoms with Crippen molar-refractivity contribution >= 4 is 18.2 Å². The molecule has 0 aromatic rings. The van der Waals surface area contributed by atoms with Crippen LogP contribution in [0, 0.1) is 5.92 Å². The first-order valence-corrected chi connectivity index (χ1v) is 12.7. The Morgan fingerprint density at radius 2 is 1.53 bits per heavy atom. The second-order valence-corrected chi connectivity index (χ2v) is 8.60. The molecular weight excluding hydrogens is 408 g/mol. The van der Waals surface area contributed by atoms with Gasteiger partial charge in [-0.05, 0) is 32.2 Å². The molecule has 0 bridgehead atoms. The lowest BCUT2D eigenvalue weighted by atomic mass is 10.0. The number of carbonyl (C=O) groups is 3. The van der Waals surface area contributed by atoms with Gasteiger partial charge in [-0.25, -0.2) is 0 Å². The molecule has 0 aromatic carbocycles. The molecular formula is C25H48N2O5. The van der Waals surface area contributed by atoms with Crippen molar-refractivity contribution in [2.24, 2.45) is 11.7 Å². The molecule has 0 saturated carbocycles. The number of hydrogen-bond donors (Lipinski definition) is 2. The summed E-state index contributed by atoms with van der Waals surface area (Å²) in [5, 5.41) is 3.13. The Bertz CT molecular complexity index is 473. The minimum absolute atomic E-state index is 0.148. The van der Waals surface area contributed by atoms with Crippen LogP contribution in [0.1, 0.15) is 103 Å². The van der Waals surface area contributed by atoms with Gasteiger partial charge in [-0.3, -0.25) is 9.59 Å². The molecule has 0 aliphatic rings. The number of nitrogens with two attached hydrogens (primary N) is 1. The zero-order chi connectivity index (χ0) is 23.9. The summed E-state index contributed by atoms with van der Waals surface area (Å²) >= 11 is 0. The highest BCUT2D eigenvalue weighted by molar-refractivity contribution is 5.74. The second-order valence-electron chi connectivity index (χ2n) is 8.60. The normalized spacial score (nSPS) is 12.8. The van der Waals surface area contributed by atoms with Crippen molar-refractivity contribution in [3.8, 4) is 0 Å². The lowest BCUT2D eigenvalue weighted by Crippen LogP contribution is -2.38. The Hall–Kier alpha value is -1.47. The average molecular weight is 457 g/mol. The molecule has 0 aliphatic carbocycles. The second kappa shape index (κ2) is 22.7. The van der Waals surface area contributed by atoms with E-state index in [1.165, 1.54) is 58.5 Å². The van der Waals surface area contributed by atoms with Crippen LogP contribution in [0.15, 0.2) is 0 Å². The van der Waals surface area contributed by atoms with Crippen LogP contribution in [-0.2, 0) is 23.9 Å². The highest BCUT2D eigenvalue weighted by Crippen LogP contribution is 2.13. The summed E-state index contributed by atoms with van der Waals surface area (Å²) < 4.78 is 10.2. The molecule has 2 atom stereocenters. The monoisotopic (exact) mass is 456 g/mol. The van der Waals surface area contributed by atoms with Gasteiger partial charge >= 0.3 is 11.9 Å². The maximum Gasteiger partial charge on any atom is 0.310 e. The maximum absolute atomic E-state index is 12.5. The highest BCUT2D eigenvalue weighted by Gasteiger charge is 2.22. The van der Waals surface area contributed by atoms with E-state index in [1.54, 1.807) is 0 Å². The smallest absolute Gasteiger partial charge is 0.310 e. The third-order valence-electron chi connectivity index (χ3n) is 5.76. The molecule has 0 heterocycles. The van der Waals surface area contributed by atoms with Crippen molar-refractivity contribution in [2.75, 3.05) is 26.8 Å². The topological polar surface area (TPSA) is 108 Å². The molecule has 0 fully saturated rings. The number of hydrogen-bond acceptors (Lipinski definition) is 7. The van der Waals surface area contributed by atoms with Gasteiger partial charge in [-0.15, -0.1) is 0 Å². The Labute approximate surface area is 195 Å². The van der Waals surface area contributed by atoms with E-state index in [0.717, 1.165) is 32.0 Å². The quantitative estimate of drug-likeness (QED) is 0.134. The van der Waals surface area contributed by atoms with Crippen LogP contribution in [0.5, 0.6) is 0 Å². The third-order valence-corrected chi connectivity index (χ3v) is 5.76. The first kappa shape index (κ1) is 30.5. The van der Waals surface area contributed by atoms with E-state index in [2.05, 4.69) is 17.0 Å². The Morgan fingerprint density at radius 1 is 0.906 bits per heavy atom. The van der Waals surface area contributed by atoms with Crippen molar-refractivity contribution in [3.63, 3.8) is 0 Å². The molecule has 1 unspecified atom stereocenters. The Kier molecular flexibility index (Phi) is 21.7. The number of esters is 2. The summed E-state index contributed by atoms with van der Waals surface area (Å²) in [6, 6.07) is -0.322. The van der Waals surface area contributed by atoms with Gasteiger partial charge < -0.3 is 25.3 Å². The van der Waals surface area contributed by atoms with Gasteiger partial charge in [-0.1, -0.05) is 71.1 Å². The summed E-state index contributed by atoms with van der Waals surface area (Å²) in [5.41, 5.74) is 5.50. The van der Waals surface area contributed by atoms with Crippen LogP contribution in [0.25, 0.3) is 0 Å². The minimum atomic E-state index is -0.478. The van der Waals surface area contributed by atoms with E-state index < -0.39 is 5.92 Å². The van der Waals surface area contributed by atoms with Crippen molar-refractivity contribution < 1.29 is 23.9 Å². The van der Waals surface area contributed by atoms with Crippen LogP contribution < -0.4 is 11.1 Å². The number of nitrogens with one attached hydrogen (secondary N) is 1. The van der Waals surface area contributed by atoms with Crippen LogP contribution in [-0.4, -0.2) is 51.1 Å². The van der Waals surface area contributed by atoms with Crippen LogP contribution in [0.4, 0.5) is 0 Å².